The van der Waals surface area contributed by atoms with Crippen molar-refractivity contribution in [3.63, 3.8) is 0 Å². The van der Waals surface area contributed by atoms with Crippen LogP contribution in [-0.2, 0) is 12.0 Å². The van der Waals surface area contributed by atoms with E-state index in [4.69, 9.17) is 4.52 Å². The van der Waals surface area contributed by atoms with Gasteiger partial charge in [0.05, 0.1) is 0 Å². The molecule has 0 radical (unpaired) electrons. The molecule has 29 heavy (non-hydrogen) atoms. The zero-order valence-corrected chi connectivity index (χ0v) is 17.6. The first kappa shape index (κ1) is 19.1. The fraction of sp³-hybridized carbons (Fsp3) is 0.292. The zero-order chi connectivity index (χ0) is 20.6. The van der Waals surface area contributed by atoms with Gasteiger partial charge in [-0.05, 0) is 30.4 Å². The summed E-state index contributed by atoms with van der Waals surface area (Å²) in [4.78, 5) is 9.18. The first-order chi connectivity index (χ1) is 13.8. The lowest BCUT2D eigenvalue weighted by atomic mass is 9.87. The highest BCUT2D eigenvalue weighted by molar-refractivity contribution is 5.58. The SMILES string of the molecule is Cc1ccc(Cn2cc(-c3nc(-c4ccc(C(C)(C)C)cc4)no3)nc2C)cc1. The average molecular weight is 386 g/mol. The van der Waals surface area contributed by atoms with E-state index in [0.717, 1.165) is 17.9 Å². The number of aromatic nitrogens is 4. The Bertz CT molecular complexity index is 1110. The van der Waals surface area contributed by atoms with E-state index >= 15 is 0 Å². The minimum absolute atomic E-state index is 0.114. The van der Waals surface area contributed by atoms with Gasteiger partial charge in [-0.15, -0.1) is 0 Å². The zero-order valence-electron chi connectivity index (χ0n) is 17.6. The molecule has 5 nitrogen and oxygen atoms in total. The molecule has 0 aliphatic rings. The lowest BCUT2D eigenvalue weighted by molar-refractivity contribution is 0.431. The molecule has 0 unspecified atom stereocenters. The van der Waals surface area contributed by atoms with Crippen molar-refractivity contribution >= 4 is 0 Å². The summed E-state index contributed by atoms with van der Waals surface area (Å²) in [5.41, 5.74) is 5.50. The van der Waals surface area contributed by atoms with Gasteiger partial charge in [0.2, 0.25) is 5.82 Å². The van der Waals surface area contributed by atoms with E-state index in [2.05, 4.69) is 83.8 Å². The highest BCUT2D eigenvalue weighted by Gasteiger charge is 2.17. The maximum atomic E-state index is 5.50. The maximum absolute atomic E-state index is 5.50. The second-order valence-electron chi connectivity index (χ2n) is 8.54. The molecule has 0 saturated heterocycles. The van der Waals surface area contributed by atoms with Crippen LogP contribution in [0.5, 0.6) is 0 Å². The third-order valence-electron chi connectivity index (χ3n) is 5.10. The summed E-state index contributed by atoms with van der Waals surface area (Å²) >= 11 is 0. The minimum Gasteiger partial charge on any atom is -0.332 e. The predicted molar refractivity (Wildman–Crippen MR) is 115 cm³/mol. The van der Waals surface area contributed by atoms with Gasteiger partial charge in [-0.2, -0.15) is 4.98 Å². The molecule has 4 rings (SSSR count). The lowest BCUT2D eigenvalue weighted by Crippen LogP contribution is -2.10. The molecule has 0 aliphatic carbocycles. The van der Waals surface area contributed by atoms with Crippen molar-refractivity contribution < 1.29 is 4.52 Å². The second kappa shape index (κ2) is 7.32. The molecule has 0 N–H and O–H groups in total. The summed E-state index contributed by atoms with van der Waals surface area (Å²) < 4.78 is 7.60. The Labute approximate surface area is 171 Å². The molecule has 0 fully saturated rings. The van der Waals surface area contributed by atoms with Crippen LogP contribution < -0.4 is 0 Å². The van der Waals surface area contributed by atoms with Crippen LogP contribution in [0.4, 0.5) is 0 Å². The molecule has 2 aromatic carbocycles. The Kier molecular flexibility index (Phi) is 4.82. The third-order valence-corrected chi connectivity index (χ3v) is 5.10. The summed E-state index contributed by atoms with van der Waals surface area (Å²) in [5, 5.41) is 4.15. The highest BCUT2D eigenvalue weighted by atomic mass is 16.5. The van der Waals surface area contributed by atoms with Gasteiger partial charge in [0.25, 0.3) is 5.89 Å². The molecule has 0 saturated carbocycles. The van der Waals surface area contributed by atoms with Crippen molar-refractivity contribution in [2.75, 3.05) is 0 Å². The van der Waals surface area contributed by atoms with Crippen LogP contribution in [0, 0.1) is 13.8 Å². The van der Waals surface area contributed by atoms with E-state index in [-0.39, 0.29) is 5.41 Å². The van der Waals surface area contributed by atoms with Crippen LogP contribution in [0.15, 0.2) is 59.3 Å². The van der Waals surface area contributed by atoms with Gasteiger partial charge in [0.15, 0.2) is 0 Å². The van der Waals surface area contributed by atoms with Crippen molar-refractivity contribution in [3.8, 4) is 23.0 Å². The molecule has 0 amide bonds. The Morgan fingerprint density at radius 2 is 1.59 bits per heavy atom. The first-order valence-electron chi connectivity index (χ1n) is 9.84. The number of hydrogen-bond donors (Lipinski definition) is 0. The van der Waals surface area contributed by atoms with E-state index in [1.165, 1.54) is 16.7 Å². The number of imidazole rings is 1. The molecular formula is C24H26N4O. The molecule has 2 aromatic heterocycles. The van der Waals surface area contributed by atoms with Crippen LogP contribution >= 0.6 is 0 Å². The minimum atomic E-state index is 0.114. The second-order valence-corrected chi connectivity index (χ2v) is 8.54. The fourth-order valence-corrected chi connectivity index (χ4v) is 3.23. The van der Waals surface area contributed by atoms with Crippen molar-refractivity contribution in [1.82, 2.24) is 19.7 Å². The van der Waals surface area contributed by atoms with E-state index < -0.39 is 0 Å². The van der Waals surface area contributed by atoms with Crippen molar-refractivity contribution in [3.05, 3.63) is 77.2 Å². The van der Waals surface area contributed by atoms with E-state index in [0.29, 0.717) is 17.4 Å². The third kappa shape index (κ3) is 4.14. The molecule has 4 aromatic rings. The Morgan fingerprint density at radius 1 is 0.897 bits per heavy atom. The predicted octanol–water partition coefficient (Wildman–Crippen LogP) is 5.56. The maximum Gasteiger partial charge on any atom is 0.278 e. The van der Waals surface area contributed by atoms with Crippen molar-refractivity contribution in [2.24, 2.45) is 0 Å². The topological polar surface area (TPSA) is 56.7 Å². The van der Waals surface area contributed by atoms with Crippen LogP contribution in [0.3, 0.4) is 0 Å². The normalized spacial score (nSPS) is 11.8. The molecular weight excluding hydrogens is 360 g/mol. The average Bonchev–Trinajstić information content (AvgIpc) is 3.30. The Morgan fingerprint density at radius 3 is 2.24 bits per heavy atom. The number of rotatable bonds is 4. The standard InChI is InChI=1S/C24H26N4O/c1-16-6-8-18(9-7-16)14-28-15-21(25-17(28)2)23-26-22(27-29-23)19-10-12-20(13-11-19)24(3,4)5/h6-13,15H,14H2,1-5H3. The lowest BCUT2D eigenvalue weighted by Gasteiger charge is -2.18. The summed E-state index contributed by atoms with van der Waals surface area (Å²) in [6.07, 6.45) is 1.97. The molecule has 0 atom stereocenters. The monoisotopic (exact) mass is 386 g/mol. The number of nitrogens with zero attached hydrogens (tertiary/aromatic N) is 4. The molecule has 0 bridgehead atoms. The van der Waals surface area contributed by atoms with Crippen LogP contribution in [0.25, 0.3) is 23.0 Å². The van der Waals surface area contributed by atoms with E-state index in [9.17, 15) is 0 Å². The van der Waals surface area contributed by atoms with E-state index in [1.807, 2.05) is 25.3 Å². The summed E-state index contributed by atoms with van der Waals surface area (Å²) in [7, 11) is 0. The van der Waals surface area contributed by atoms with Gasteiger partial charge < -0.3 is 9.09 Å². The van der Waals surface area contributed by atoms with Crippen molar-refractivity contribution in [2.45, 2.75) is 46.6 Å². The molecule has 148 valence electrons. The Hall–Kier alpha value is -3.21. The quantitative estimate of drug-likeness (QED) is 0.460. The molecule has 0 spiro atoms. The smallest absolute Gasteiger partial charge is 0.278 e. The fourth-order valence-electron chi connectivity index (χ4n) is 3.23. The molecule has 5 heteroatoms. The van der Waals surface area contributed by atoms with Gasteiger partial charge in [0.1, 0.15) is 11.5 Å². The van der Waals surface area contributed by atoms with Crippen LogP contribution in [-0.4, -0.2) is 19.7 Å². The Balaban J connectivity index is 1.56. The van der Waals surface area contributed by atoms with Crippen molar-refractivity contribution in [1.29, 1.82) is 0 Å². The molecule has 0 aliphatic heterocycles. The van der Waals surface area contributed by atoms with Gasteiger partial charge >= 0.3 is 0 Å². The summed E-state index contributed by atoms with van der Waals surface area (Å²) in [6, 6.07) is 16.8. The number of hydrogen-bond acceptors (Lipinski definition) is 4. The number of aryl methyl sites for hydroxylation is 2. The highest BCUT2D eigenvalue weighted by Crippen LogP contribution is 2.26. The van der Waals surface area contributed by atoms with Gasteiger partial charge in [-0.25, -0.2) is 4.98 Å². The van der Waals surface area contributed by atoms with Crippen LogP contribution in [0.1, 0.15) is 43.3 Å². The number of benzene rings is 2. The summed E-state index contributed by atoms with van der Waals surface area (Å²) in [5.74, 6) is 1.92. The summed E-state index contributed by atoms with van der Waals surface area (Å²) in [6.45, 7) is 11.4. The van der Waals surface area contributed by atoms with Gasteiger partial charge in [0, 0.05) is 18.3 Å². The van der Waals surface area contributed by atoms with Gasteiger partial charge in [-0.1, -0.05) is 80.0 Å². The van der Waals surface area contributed by atoms with Gasteiger partial charge in [-0.3, -0.25) is 0 Å². The van der Waals surface area contributed by atoms with E-state index in [1.54, 1.807) is 0 Å². The largest absolute Gasteiger partial charge is 0.332 e. The molecule has 2 heterocycles. The van der Waals surface area contributed by atoms with Crippen LogP contribution in [0.2, 0.25) is 0 Å². The first-order valence-corrected chi connectivity index (χ1v) is 9.84.